The van der Waals surface area contributed by atoms with Crippen LogP contribution in [0.5, 0.6) is 0 Å². The van der Waals surface area contributed by atoms with Crippen LogP contribution in [-0.2, 0) is 6.54 Å². The van der Waals surface area contributed by atoms with Crippen LogP contribution in [-0.4, -0.2) is 18.6 Å². The van der Waals surface area contributed by atoms with Crippen LogP contribution in [0.25, 0.3) is 0 Å². The predicted molar refractivity (Wildman–Crippen MR) is 82.0 cm³/mol. The molecular weight excluding hydrogens is 256 g/mol. The normalized spacial score (nSPS) is 23.1. The quantitative estimate of drug-likeness (QED) is 0.877. The molecule has 1 saturated carbocycles. The molecule has 3 rings (SSSR count). The van der Waals surface area contributed by atoms with Crippen molar-refractivity contribution in [3.8, 4) is 0 Å². The molecule has 0 spiro atoms. The van der Waals surface area contributed by atoms with Gasteiger partial charge in [0.25, 0.3) is 0 Å². The third-order valence-corrected chi connectivity index (χ3v) is 4.67. The number of nitrogens with zero attached hydrogens (tertiary/aromatic N) is 1. The van der Waals surface area contributed by atoms with E-state index in [1.807, 2.05) is 6.07 Å². The molecule has 0 bridgehead atoms. The number of benzene rings is 1. The van der Waals surface area contributed by atoms with Crippen molar-refractivity contribution >= 4 is 17.3 Å². The average Bonchev–Trinajstić information content (AvgIpc) is 3.13. The number of nitrogens with one attached hydrogen (secondary N) is 1. The zero-order chi connectivity index (χ0) is 13.2. The van der Waals surface area contributed by atoms with E-state index in [2.05, 4.69) is 29.3 Å². The molecule has 2 aliphatic rings. The third kappa shape index (κ3) is 2.90. The summed E-state index contributed by atoms with van der Waals surface area (Å²) in [6, 6.07) is 7.74. The molecule has 0 amide bonds. The van der Waals surface area contributed by atoms with Gasteiger partial charge in [-0.3, -0.25) is 0 Å². The first-order chi connectivity index (χ1) is 9.29. The molecule has 104 valence electrons. The summed E-state index contributed by atoms with van der Waals surface area (Å²) >= 11 is 6.49. The maximum Gasteiger partial charge on any atom is 0.0643 e. The summed E-state index contributed by atoms with van der Waals surface area (Å²) in [6.07, 6.45) is 6.46. The van der Waals surface area contributed by atoms with Crippen molar-refractivity contribution in [3.05, 3.63) is 28.8 Å². The van der Waals surface area contributed by atoms with Crippen LogP contribution in [0.3, 0.4) is 0 Å². The summed E-state index contributed by atoms with van der Waals surface area (Å²) in [5.41, 5.74) is 2.64. The first kappa shape index (κ1) is 13.3. The summed E-state index contributed by atoms with van der Waals surface area (Å²) in [5.74, 6) is 0. The van der Waals surface area contributed by atoms with Gasteiger partial charge in [0, 0.05) is 25.2 Å². The van der Waals surface area contributed by atoms with Crippen LogP contribution in [0.1, 0.15) is 44.6 Å². The maximum atomic E-state index is 6.49. The minimum Gasteiger partial charge on any atom is -0.367 e. The second kappa shape index (κ2) is 5.72. The lowest BCUT2D eigenvalue weighted by Crippen LogP contribution is -2.30. The highest BCUT2D eigenvalue weighted by molar-refractivity contribution is 6.33. The molecule has 1 unspecified atom stereocenters. The monoisotopic (exact) mass is 278 g/mol. The van der Waals surface area contributed by atoms with Gasteiger partial charge in [-0.15, -0.1) is 0 Å². The molecule has 2 fully saturated rings. The maximum absolute atomic E-state index is 6.49. The van der Waals surface area contributed by atoms with E-state index in [1.54, 1.807) is 0 Å². The van der Waals surface area contributed by atoms with E-state index in [9.17, 15) is 0 Å². The Morgan fingerprint density at radius 3 is 2.89 bits per heavy atom. The van der Waals surface area contributed by atoms with E-state index in [0.717, 1.165) is 24.2 Å². The number of hydrogen-bond donors (Lipinski definition) is 1. The van der Waals surface area contributed by atoms with E-state index in [-0.39, 0.29) is 0 Å². The van der Waals surface area contributed by atoms with Gasteiger partial charge >= 0.3 is 0 Å². The minimum atomic E-state index is 0.666. The molecule has 3 heteroatoms. The fourth-order valence-corrected chi connectivity index (χ4v) is 3.42. The predicted octanol–water partition coefficient (Wildman–Crippen LogP) is 3.97. The molecule has 2 nitrogen and oxygen atoms in total. The van der Waals surface area contributed by atoms with Crippen LogP contribution in [0.15, 0.2) is 18.2 Å². The lowest BCUT2D eigenvalue weighted by Gasteiger charge is -2.29. The second-order valence-corrected chi connectivity index (χ2v) is 6.21. The van der Waals surface area contributed by atoms with Gasteiger partial charge in [-0.25, -0.2) is 0 Å². The van der Waals surface area contributed by atoms with Gasteiger partial charge < -0.3 is 10.2 Å². The molecule has 1 aliphatic carbocycles. The Bertz CT molecular complexity index is 442. The molecule has 1 atom stereocenters. The highest BCUT2D eigenvalue weighted by atomic mass is 35.5. The summed E-state index contributed by atoms with van der Waals surface area (Å²) in [7, 11) is 0. The minimum absolute atomic E-state index is 0.666. The van der Waals surface area contributed by atoms with E-state index < -0.39 is 0 Å². The Hall–Kier alpha value is -0.730. The van der Waals surface area contributed by atoms with Crippen LogP contribution >= 0.6 is 11.6 Å². The highest BCUT2D eigenvalue weighted by Crippen LogP contribution is 2.36. The smallest absolute Gasteiger partial charge is 0.0643 e. The van der Waals surface area contributed by atoms with Gasteiger partial charge in [0.15, 0.2) is 0 Å². The molecular formula is C16H23ClN2. The number of rotatable bonds is 5. The first-order valence-electron chi connectivity index (χ1n) is 7.57. The highest BCUT2D eigenvalue weighted by Gasteiger charge is 2.27. The molecule has 0 aromatic heterocycles. The Labute approximate surface area is 121 Å². The SMILES string of the molecule is CCC1CCCN1c1c(Cl)cccc1CNC1CC1. The average molecular weight is 279 g/mol. The van der Waals surface area contributed by atoms with E-state index in [1.165, 1.54) is 43.4 Å². The van der Waals surface area contributed by atoms with Crippen LogP contribution in [0.4, 0.5) is 5.69 Å². The Kier molecular flexibility index (Phi) is 3.99. The standard InChI is InChI=1S/C16H23ClN2/c1-2-14-6-4-10-19(14)16-12(5-3-7-15(16)17)11-18-13-8-9-13/h3,5,7,13-14,18H,2,4,6,8-11H2,1H3. The number of hydrogen-bond acceptors (Lipinski definition) is 2. The topological polar surface area (TPSA) is 15.3 Å². The van der Waals surface area contributed by atoms with Gasteiger partial charge in [-0.1, -0.05) is 30.7 Å². The Morgan fingerprint density at radius 1 is 1.32 bits per heavy atom. The fraction of sp³-hybridized carbons (Fsp3) is 0.625. The summed E-state index contributed by atoms with van der Waals surface area (Å²) < 4.78 is 0. The van der Waals surface area contributed by atoms with E-state index in [0.29, 0.717) is 6.04 Å². The van der Waals surface area contributed by atoms with Crippen molar-refractivity contribution in [1.82, 2.24) is 5.32 Å². The van der Waals surface area contributed by atoms with Crippen molar-refractivity contribution in [2.75, 3.05) is 11.4 Å². The van der Waals surface area contributed by atoms with Crippen LogP contribution in [0.2, 0.25) is 5.02 Å². The summed E-state index contributed by atoms with van der Waals surface area (Å²) in [6.45, 7) is 4.38. The summed E-state index contributed by atoms with van der Waals surface area (Å²) in [5, 5.41) is 4.52. The van der Waals surface area contributed by atoms with Crippen molar-refractivity contribution in [3.63, 3.8) is 0 Å². The van der Waals surface area contributed by atoms with Gasteiger partial charge in [0.2, 0.25) is 0 Å². The third-order valence-electron chi connectivity index (χ3n) is 4.36. The zero-order valence-electron chi connectivity index (χ0n) is 11.7. The summed E-state index contributed by atoms with van der Waals surface area (Å²) in [4.78, 5) is 2.53. The van der Waals surface area contributed by atoms with Crippen molar-refractivity contribution in [2.24, 2.45) is 0 Å². The molecule has 1 aliphatic heterocycles. The largest absolute Gasteiger partial charge is 0.367 e. The van der Waals surface area contributed by atoms with Crippen molar-refractivity contribution < 1.29 is 0 Å². The van der Waals surface area contributed by atoms with Gasteiger partial charge in [-0.2, -0.15) is 0 Å². The molecule has 1 heterocycles. The van der Waals surface area contributed by atoms with Gasteiger partial charge in [0.05, 0.1) is 10.7 Å². The number of para-hydroxylation sites is 1. The van der Waals surface area contributed by atoms with Gasteiger partial charge in [-0.05, 0) is 43.7 Å². The molecule has 0 radical (unpaired) electrons. The number of anilines is 1. The van der Waals surface area contributed by atoms with E-state index >= 15 is 0 Å². The Morgan fingerprint density at radius 2 is 2.16 bits per heavy atom. The van der Waals surface area contributed by atoms with Gasteiger partial charge in [0.1, 0.15) is 0 Å². The lowest BCUT2D eigenvalue weighted by molar-refractivity contribution is 0.637. The molecule has 19 heavy (non-hydrogen) atoms. The first-order valence-corrected chi connectivity index (χ1v) is 7.94. The second-order valence-electron chi connectivity index (χ2n) is 5.80. The molecule has 1 aromatic rings. The lowest BCUT2D eigenvalue weighted by atomic mass is 10.1. The van der Waals surface area contributed by atoms with E-state index in [4.69, 9.17) is 11.6 Å². The zero-order valence-corrected chi connectivity index (χ0v) is 12.4. The van der Waals surface area contributed by atoms with Crippen LogP contribution < -0.4 is 10.2 Å². The molecule has 1 aromatic carbocycles. The Balaban J connectivity index is 1.84. The van der Waals surface area contributed by atoms with Crippen molar-refractivity contribution in [1.29, 1.82) is 0 Å². The van der Waals surface area contributed by atoms with Crippen molar-refractivity contribution in [2.45, 2.75) is 57.7 Å². The molecule has 1 saturated heterocycles. The molecule has 1 N–H and O–H groups in total. The number of halogens is 1. The van der Waals surface area contributed by atoms with Crippen LogP contribution in [0, 0.1) is 0 Å². The fourth-order valence-electron chi connectivity index (χ4n) is 3.12.